The number of benzene rings is 1. The number of hydrogen-bond donors (Lipinski definition) is 3. The molecular formula is C21H30N2O4. The van der Waals surface area contributed by atoms with E-state index in [0.29, 0.717) is 24.1 Å². The Bertz CT molecular complexity index is 704. The second kappa shape index (κ2) is 9.02. The number of carbonyl (C=O) groups excluding carboxylic acids is 2. The third-order valence-corrected chi connectivity index (χ3v) is 5.76. The first kappa shape index (κ1) is 20.9. The van der Waals surface area contributed by atoms with Crippen molar-refractivity contribution in [2.75, 3.05) is 5.32 Å². The van der Waals surface area contributed by atoms with E-state index in [0.717, 1.165) is 31.2 Å². The summed E-state index contributed by atoms with van der Waals surface area (Å²) in [5.41, 5.74) is 0.902. The first-order valence-corrected chi connectivity index (χ1v) is 9.76. The van der Waals surface area contributed by atoms with Crippen molar-refractivity contribution in [3.8, 4) is 0 Å². The van der Waals surface area contributed by atoms with Crippen molar-refractivity contribution in [2.24, 2.45) is 5.41 Å². The fourth-order valence-corrected chi connectivity index (χ4v) is 3.66. The number of anilines is 1. The zero-order valence-corrected chi connectivity index (χ0v) is 16.4. The second-order valence-electron chi connectivity index (χ2n) is 7.50. The van der Waals surface area contributed by atoms with Crippen LogP contribution in [0.15, 0.2) is 18.2 Å². The average Bonchev–Trinajstić information content (AvgIpc) is 3.14. The van der Waals surface area contributed by atoms with Crippen molar-refractivity contribution in [2.45, 2.75) is 71.8 Å². The zero-order chi connectivity index (χ0) is 20.0. The number of aryl methyl sites for hydroxylation is 1. The third kappa shape index (κ3) is 5.08. The summed E-state index contributed by atoms with van der Waals surface area (Å²) in [6.45, 7) is 5.40. The maximum atomic E-state index is 12.4. The number of aliphatic carboxylic acids is 1. The minimum atomic E-state index is -1.04. The smallest absolute Gasteiger partial charge is 0.310 e. The maximum absolute atomic E-state index is 12.4. The van der Waals surface area contributed by atoms with Crippen LogP contribution in [-0.4, -0.2) is 28.9 Å². The van der Waals surface area contributed by atoms with E-state index in [-0.39, 0.29) is 24.3 Å². The van der Waals surface area contributed by atoms with Gasteiger partial charge in [0.25, 0.3) is 5.91 Å². The van der Waals surface area contributed by atoms with Crippen molar-refractivity contribution in [3.63, 3.8) is 0 Å². The average molecular weight is 374 g/mol. The highest BCUT2D eigenvalue weighted by Gasteiger charge is 2.37. The van der Waals surface area contributed by atoms with Gasteiger partial charge in [-0.2, -0.15) is 0 Å². The topological polar surface area (TPSA) is 95.5 Å². The van der Waals surface area contributed by atoms with E-state index in [2.05, 4.69) is 10.6 Å². The Morgan fingerprint density at radius 2 is 1.78 bits per heavy atom. The van der Waals surface area contributed by atoms with Crippen LogP contribution in [-0.2, 0) is 9.59 Å². The molecule has 6 heteroatoms. The number of nitrogens with one attached hydrogen (secondary N) is 2. The Labute approximate surface area is 160 Å². The Morgan fingerprint density at radius 1 is 1.15 bits per heavy atom. The number of carboxylic acid groups (broad SMARTS) is 1. The van der Waals surface area contributed by atoms with E-state index < -0.39 is 11.4 Å². The molecule has 0 heterocycles. The van der Waals surface area contributed by atoms with E-state index in [1.165, 1.54) is 0 Å². The Balaban J connectivity index is 2.03. The van der Waals surface area contributed by atoms with Gasteiger partial charge < -0.3 is 15.7 Å². The molecule has 0 atom stereocenters. The molecule has 1 aliphatic carbocycles. The molecule has 2 rings (SSSR count). The van der Waals surface area contributed by atoms with Crippen LogP contribution in [0, 0.1) is 12.3 Å². The number of carboxylic acids is 1. The Kier molecular flexibility index (Phi) is 6.99. The predicted octanol–water partition coefficient (Wildman–Crippen LogP) is 3.89. The molecule has 0 aromatic heterocycles. The Hall–Kier alpha value is -2.37. The third-order valence-electron chi connectivity index (χ3n) is 5.76. The van der Waals surface area contributed by atoms with Crippen LogP contribution in [0.2, 0.25) is 0 Å². The summed E-state index contributed by atoms with van der Waals surface area (Å²) in [5, 5.41) is 15.3. The van der Waals surface area contributed by atoms with Crippen LogP contribution in [0.1, 0.15) is 74.7 Å². The van der Waals surface area contributed by atoms with Gasteiger partial charge in [-0.1, -0.05) is 26.7 Å². The van der Waals surface area contributed by atoms with Crippen LogP contribution >= 0.6 is 0 Å². The van der Waals surface area contributed by atoms with Crippen LogP contribution in [0.25, 0.3) is 0 Å². The van der Waals surface area contributed by atoms with Gasteiger partial charge in [0.1, 0.15) is 0 Å². The summed E-state index contributed by atoms with van der Waals surface area (Å²) in [7, 11) is 0. The monoisotopic (exact) mass is 374 g/mol. The van der Waals surface area contributed by atoms with Crippen molar-refractivity contribution < 1.29 is 19.5 Å². The lowest BCUT2D eigenvalue weighted by atomic mass is 9.79. The summed E-state index contributed by atoms with van der Waals surface area (Å²) in [6, 6.07) is 5.40. The fourth-order valence-electron chi connectivity index (χ4n) is 3.66. The number of rotatable bonds is 8. The first-order chi connectivity index (χ1) is 12.8. The number of carbonyl (C=O) groups is 3. The lowest BCUT2D eigenvalue weighted by Gasteiger charge is -2.26. The van der Waals surface area contributed by atoms with Crippen LogP contribution < -0.4 is 10.6 Å². The largest absolute Gasteiger partial charge is 0.481 e. The van der Waals surface area contributed by atoms with Gasteiger partial charge >= 0.3 is 5.97 Å². The molecule has 1 aromatic carbocycles. The molecule has 1 saturated carbocycles. The molecule has 1 fully saturated rings. The minimum Gasteiger partial charge on any atom is -0.481 e. The molecule has 0 spiro atoms. The summed E-state index contributed by atoms with van der Waals surface area (Å²) < 4.78 is 0. The van der Waals surface area contributed by atoms with E-state index in [9.17, 15) is 19.5 Å². The van der Waals surface area contributed by atoms with Gasteiger partial charge in [-0.05, 0) is 56.4 Å². The quantitative estimate of drug-likeness (QED) is 0.643. The standard InChI is InChI=1S/C21H30N2O4/c1-4-21(5-2,20(26)27)13-18(24)23-17-11-10-15(12-14(17)3)19(25)22-16-8-6-7-9-16/h10-12,16H,4-9,13H2,1-3H3,(H,22,25)(H,23,24)(H,26,27). The molecule has 3 N–H and O–H groups in total. The molecule has 0 radical (unpaired) electrons. The van der Waals surface area contributed by atoms with Crippen LogP contribution in [0.3, 0.4) is 0 Å². The normalized spacial score (nSPS) is 14.8. The van der Waals surface area contributed by atoms with Crippen LogP contribution in [0.4, 0.5) is 5.69 Å². The molecule has 0 unspecified atom stereocenters. The molecule has 6 nitrogen and oxygen atoms in total. The molecule has 0 bridgehead atoms. The molecule has 0 aliphatic heterocycles. The first-order valence-electron chi connectivity index (χ1n) is 9.76. The molecule has 1 aliphatic rings. The van der Waals surface area contributed by atoms with E-state index in [4.69, 9.17) is 0 Å². The van der Waals surface area contributed by atoms with Gasteiger partial charge in [0, 0.05) is 23.7 Å². The summed E-state index contributed by atoms with van der Waals surface area (Å²) >= 11 is 0. The van der Waals surface area contributed by atoms with Crippen molar-refractivity contribution in [1.29, 1.82) is 0 Å². The van der Waals surface area contributed by atoms with E-state index in [1.807, 2.05) is 6.92 Å². The van der Waals surface area contributed by atoms with Crippen LogP contribution in [0.5, 0.6) is 0 Å². The van der Waals surface area contributed by atoms with Gasteiger partial charge in [0.2, 0.25) is 5.91 Å². The lowest BCUT2D eigenvalue weighted by molar-refractivity contribution is -0.151. The van der Waals surface area contributed by atoms with Gasteiger partial charge in [-0.3, -0.25) is 14.4 Å². The maximum Gasteiger partial charge on any atom is 0.310 e. The highest BCUT2D eigenvalue weighted by molar-refractivity contribution is 5.97. The highest BCUT2D eigenvalue weighted by Crippen LogP contribution is 2.31. The predicted molar refractivity (Wildman–Crippen MR) is 105 cm³/mol. The minimum absolute atomic E-state index is 0.0707. The van der Waals surface area contributed by atoms with Gasteiger partial charge in [-0.15, -0.1) is 0 Å². The molecule has 0 saturated heterocycles. The summed E-state index contributed by atoms with van der Waals surface area (Å²) in [4.78, 5) is 36.3. The van der Waals surface area contributed by atoms with E-state index in [1.54, 1.807) is 32.0 Å². The lowest BCUT2D eigenvalue weighted by Crippen LogP contribution is -2.34. The SMILES string of the molecule is CCC(CC)(CC(=O)Nc1ccc(C(=O)NC2CCCC2)cc1C)C(=O)O. The van der Waals surface area contributed by atoms with E-state index >= 15 is 0 Å². The van der Waals surface area contributed by atoms with Crippen molar-refractivity contribution in [3.05, 3.63) is 29.3 Å². The van der Waals surface area contributed by atoms with Gasteiger partial charge in [-0.25, -0.2) is 0 Å². The number of hydrogen-bond acceptors (Lipinski definition) is 3. The van der Waals surface area contributed by atoms with Crippen molar-refractivity contribution >= 4 is 23.5 Å². The number of amides is 2. The molecular weight excluding hydrogens is 344 g/mol. The molecule has 148 valence electrons. The summed E-state index contributed by atoms with van der Waals surface area (Å²) in [5.74, 6) is -1.37. The van der Waals surface area contributed by atoms with Gasteiger partial charge in [0.05, 0.1) is 5.41 Å². The highest BCUT2D eigenvalue weighted by atomic mass is 16.4. The Morgan fingerprint density at radius 3 is 2.30 bits per heavy atom. The second-order valence-corrected chi connectivity index (χ2v) is 7.50. The zero-order valence-electron chi connectivity index (χ0n) is 16.4. The van der Waals surface area contributed by atoms with Crippen molar-refractivity contribution in [1.82, 2.24) is 5.32 Å². The molecule has 1 aromatic rings. The fraction of sp³-hybridized carbons (Fsp3) is 0.571. The molecule has 27 heavy (non-hydrogen) atoms. The molecule has 2 amide bonds. The van der Waals surface area contributed by atoms with Gasteiger partial charge in [0.15, 0.2) is 0 Å². The summed E-state index contributed by atoms with van der Waals surface area (Å²) in [6.07, 6.45) is 5.08.